The summed E-state index contributed by atoms with van der Waals surface area (Å²) in [6.07, 6.45) is 12.6. The molecule has 1 aliphatic carbocycles. The van der Waals surface area contributed by atoms with Crippen LogP contribution < -0.4 is 5.32 Å². The molecule has 5 rings (SSSR count). The second-order valence-corrected chi connectivity index (χ2v) is 10.3. The molecule has 178 valence electrons. The molecule has 3 aromatic rings. The van der Waals surface area contributed by atoms with Crippen molar-refractivity contribution in [3.05, 3.63) is 83.0 Å². The van der Waals surface area contributed by atoms with E-state index in [4.69, 9.17) is 0 Å². The highest BCUT2D eigenvalue weighted by Crippen LogP contribution is 2.31. The van der Waals surface area contributed by atoms with Gasteiger partial charge in [-0.2, -0.15) is 0 Å². The number of pyridine rings is 1. The number of benzene rings is 1. The molecule has 35 heavy (non-hydrogen) atoms. The zero-order valence-electron chi connectivity index (χ0n) is 19.5. The minimum absolute atomic E-state index is 0.0131. The first kappa shape index (κ1) is 23.6. The Bertz CT molecular complexity index is 1240. The third-order valence-corrected chi connectivity index (χ3v) is 7.64. The van der Waals surface area contributed by atoms with Gasteiger partial charge in [-0.1, -0.05) is 30.3 Å². The number of allylic oxidation sites excluding steroid dienone is 1. The van der Waals surface area contributed by atoms with Crippen molar-refractivity contribution < 1.29 is 9.59 Å². The van der Waals surface area contributed by atoms with E-state index in [1.807, 2.05) is 12.3 Å². The minimum Gasteiger partial charge on any atom is -0.310 e. The van der Waals surface area contributed by atoms with Crippen LogP contribution in [0.4, 0.5) is 0 Å². The van der Waals surface area contributed by atoms with E-state index in [0.29, 0.717) is 22.6 Å². The van der Waals surface area contributed by atoms with E-state index < -0.39 is 0 Å². The molecule has 0 amide bonds. The third-order valence-electron chi connectivity index (χ3n) is 6.70. The molecule has 1 aromatic carbocycles. The molecule has 1 saturated carbocycles. The lowest BCUT2D eigenvalue weighted by Gasteiger charge is -2.29. The Hall–Kier alpha value is -3.16. The Balaban J connectivity index is 1.14. The Morgan fingerprint density at radius 3 is 2.63 bits per heavy atom. The maximum atomic E-state index is 11.9. The number of thioether (sulfide) groups is 1. The number of ketones is 1. The molecule has 2 fully saturated rings. The SMILES string of the molecule is O=C1CC(=O)/C(=C/c2ccnc(CC3CCC(NCc4ccccc4-c4cccnc4)CC3)n2)S1. The number of Topliss-reactive ketones (excluding diaryl/α,β-unsaturated/α-hetero) is 1. The summed E-state index contributed by atoms with van der Waals surface area (Å²) in [5, 5.41) is 3.67. The molecular weight excluding hydrogens is 456 g/mol. The van der Waals surface area contributed by atoms with Gasteiger partial charge in [0.25, 0.3) is 0 Å². The maximum absolute atomic E-state index is 11.9. The molecule has 0 atom stereocenters. The van der Waals surface area contributed by atoms with E-state index in [1.54, 1.807) is 24.5 Å². The fourth-order valence-corrected chi connectivity index (χ4v) is 5.65. The summed E-state index contributed by atoms with van der Waals surface area (Å²) in [4.78, 5) is 37.2. The van der Waals surface area contributed by atoms with E-state index >= 15 is 0 Å². The van der Waals surface area contributed by atoms with Crippen molar-refractivity contribution >= 4 is 28.7 Å². The van der Waals surface area contributed by atoms with Gasteiger partial charge in [0, 0.05) is 43.2 Å². The van der Waals surface area contributed by atoms with Crippen LogP contribution in [-0.2, 0) is 22.6 Å². The van der Waals surface area contributed by atoms with E-state index in [0.717, 1.165) is 61.8 Å². The Labute approximate surface area is 209 Å². The smallest absolute Gasteiger partial charge is 0.201 e. The van der Waals surface area contributed by atoms with Crippen LogP contribution in [0, 0.1) is 5.92 Å². The van der Waals surface area contributed by atoms with Gasteiger partial charge in [-0.3, -0.25) is 14.6 Å². The van der Waals surface area contributed by atoms with Gasteiger partial charge < -0.3 is 5.32 Å². The Morgan fingerprint density at radius 1 is 1.00 bits per heavy atom. The summed E-state index contributed by atoms with van der Waals surface area (Å²) in [6.45, 7) is 0.847. The van der Waals surface area contributed by atoms with Crippen molar-refractivity contribution in [1.82, 2.24) is 20.3 Å². The molecule has 0 radical (unpaired) electrons. The molecule has 0 unspecified atom stereocenters. The fraction of sp³-hybridized carbons (Fsp3) is 0.321. The van der Waals surface area contributed by atoms with Gasteiger partial charge in [0.15, 0.2) is 5.78 Å². The lowest BCUT2D eigenvalue weighted by molar-refractivity contribution is -0.119. The first-order valence-electron chi connectivity index (χ1n) is 12.1. The summed E-state index contributed by atoms with van der Waals surface area (Å²) in [5.41, 5.74) is 4.37. The van der Waals surface area contributed by atoms with Crippen LogP contribution in [0.1, 0.15) is 49.2 Å². The van der Waals surface area contributed by atoms with Crippen molar-refractivity contribution in [2.24, 2.45) is 5.92 Å². The van der Waals surface area contributed by atoms with E-state index in [1.165, 1.54) is 11.1 Å². The molecule has 3 heterocycles. The van der Waals surface area contributed by atoms with E-state index in [9.17, 15) is 9.59 Å². The number of hydrogen-bond donors (Lipinski definition) is 1. The van der Waals surface area contributed by atoms with Crippen LogP contribution in [0.25, 0.3) is 17.2 Å². The monoisotopic (exact) mass is 484 g/mol. The molecule has 0 bridgehead atoms. The van der Waals surface area contributed by atoms with Gasteiger partial charge in [0.2, 0.25) is 5.12 Å². The normalized spacial score (nSPS) is 21.5. The first-order chi connectivity index (χ1) is 17.1. The lowest BCUT2D eigenvalue weighted by Crippen LogP contribution is -2.33. The highest BCUT2D eigenvalue weighted by atomic mass is 32.2. The molecule has 1 saturated heterocycles. The van der Waals surface area contributed by atoms with Crippen molar-refractivity contribution in [2.75, 3.05) is 0 Å². The van der Waals surface area contributed by atoms with Gasteiger partial charge in [0.05, 0.1) is 17.0 Å². The number of rotatable bonds is 7. The van der Waals surface area contributed by atoms with Crippen LogP contribution in [0.5, 0.6) is 0 Å². The summed E-state index contributed by atoms with van der Waals surface area (Å²) in [6, 6.07) is 14.9. The van der Waals surface area contributed by atoms with Gasteiger partial charge >= 0.3 is 0 Å². The minimum atomic E-state index is -0.117. The molecule has 6 nitrogen and oxygen atoms in total. The van der Waals surface area contributed by atoms with Gasteiger partial charge in [0.1, 0.15) is 5.82 Å². The highest BCUT2D eigenvalue weighted by Gasteiger charge is 2.26. The molecular formula is C28H28N4O2S. The fourth-order valence-electron chi connectivity index (χ4n) is 4.83. The molecule has 1 aliphatic heterocycles. The molecule has 7 heteroatoms. The number of carbonyl (C=O) groups is 2. The number of nitrogens with one attached hydrogen (secondary N) is 1. The summed E-state index contributed by atoms with van der Waals surface area (Å²) < 4.78 is 0. The van der Waals surface area contributed by atoms with Crippen LogP contribution in [0.3, 0.4) is 0 Å². The van der Waals surface area contributed by atoms with Crippen LogP contribution >= 0.6 is 11.8 Å². The predicted molar refractivity (Wildman–Crippen MR) is 138 cm³/mol. The number of aromatic nitrogens is 3. The first-order valence-corrected chi connectivity index (χ1v) is 12.9. The van der Waals surface area contributed by atoms with E-state index in [2.05, 4.69) is 50.6 Å². The second-order valence-electron chi connectivity index (χ2n) is 9.18. The quantitative estimate of drug-likeness (QED) is 0.373. The van der Waals surface area contributed by atoms with Crippen molar-refractivity contribution in [2.45, 2.75) is 51.1 Å². The van der Waals surface area contributed by atoms with Crippen molar-refractivity contribution in [1.29, 1.82) is 0 Å². The second kappa shape index (κ2) is 11.1. The van der Waals surface area contributed by atoms with Crippen molar-refractivity contribution in [3.63, 3.8) is 0 Å². The van der Waals surface area contributed by atoms with E-state index in [-0.39, 0.29) is 17.3 Å². The van der Waals surface area contributed by atoms with Crippen LogP contribution in [0.2, 0.25) is 0 Å². The van der Waals surface area contributed by atoms with Crippen LogP contribution in [-0.4, -0.2) is 31.9 Å². The van der Waals surface area contributed by atoms with Gasteiger partial charge in [-0.15, -0.1) is 0 Å². The Morgan fingerprint density at radius 2 is 1.86 bits per heavy atom. The molecule has 1 N–H and O–H groups in total. The average Bonchev–Trinajstić information content (AvgIpc) is 3.20. The average molecular weight is 485 g/mol. The topological polar surface area (TPSA) is 84.8 Å². The number of hydrogen-bond acceptors (Lipinski definition) is 7. The molecule has 2 aliphatic rings. The number of carbonyl (C=O) groups excluding carboxylic acids is 2. The predicted octanol–water partition coefficient (Wildman–Crippen LogP) is 5.00. The largest absolute Gasteiger partial charge is 0.310 e. The zero-order chi connectivity index (χ0) is 24.0. The molecule has 2 aromatic heterocycles. The zero-order valence-corrected chi connectivity index (χ0v) is 20.3. The highest BCUT2D eigenvalue weighted by molar-refractivity contribution is 8.18. The lowest BCUT2D eigenvalue weighted by atomic mass is 9.84. The number of nitrogens with zero attached hydrogens (tertiary/aromatic N) is 3. The standard InChI is InChI=1S/C28H28N4O2S/c33-25-16-28(34)35-26(25)15-23-11-13-30-27(32-23)14-19-7-9-22(10-8-19)31-18-21-4-1-2-6-24(21)20-5-3-12-29-17-20/h1-6,11-13,15,17,19,22,31H,7-10,14,16,18H2/b26-15-. The van der Waals surface area contributed by atoms with Gasteiger partial charge in [-0.25, -0.2) is 9.97 Å². The Kier molecular flexibility index (Phi) is 7.45. The summed E-state index contributed by atoms with van der Waals surface area (Å²) in [5.74, 6) is 1.25. The van der Waals surface area contributed by atoms with Crippen LogP contribution in [0.15, 0.2) is 66.0 Å². The third kappa shape index (κ3) is 6.10. The summed E-state index contributed by atoms with van der Waals surface area (Å²) >= 11 is 1.01. The summed E-state index contributed by atoms with van der Waals surface area (Å²) in [7, 11) is 0. The van der Waals surface area contributed by atoms with Gasteiger partial charge in [-0.05, 0) is 72.7 Å². The molecule has 0 spiro atoms. The maximum Gasteiger partial charge on any atom is 0.201 e. The van der Waals surface area contributed by atoms with Crippen molar-refractivity contribution in [3.8, 4) is 11.1 Å².